The fourth-order valence-electron chi connectivity index (χ4n) is 1.77. The van der Waals surface area contributed by atoms with Gasteiger partial charge in [0.2, 0.25) is 10.0 Å². The summed E-state index contributed by atoms with van der Waals surface area (Å²) in [5.41, 5.74) is 0. The van der Waals surface area contributed by atoms with Crippen LogP contribution in [0, 0.1) is 0 Å². The van der Waals surface area contributed by atoms with Crippen LogP contribution in [0.2, 0.25) is 0 Å². The number of nitrogens with zero attached hydrogens (tertiary/aromatic N) is 2. The summed E-state index contributed by atoms with van der Waals surface area (Å²) in [7, 11) is 0.634. The molecule has 0 unspecified atom stereocenters. The highest BCUT2D eigenvalue weighted by Crippen LogP contribution is 1.87. The highest BCUT2D eigenvalue weighted by atomic mass is 32.2. The van der Waals surface area contributed by atoms with Gasteiger partial charge in [-0.2, -0.15) is 0 Å². The van der Waals surface area contributed by atoms with Crippen LogP contribution in [0.3, 0.4) is 0 Å². The van der Waals surface area contributed by atoms with E-state index < -0.39 is 10.0 Å². The highest BCUT2D eigenvalue weighted by Gasteiger charge is 2.04. The Morgan fingerprint density at radius 3 is 2.52 bits per heavy atom. The summed E-state index contributed by atoms with van der Waals surface area (Å²) < 4.78 is 30.2. The van der Waals surface area contributed by atoms with Gasteiger partial charge in [-0.1, -0.05) is 0 Å². The topological polar surface area (TPSA) is 95.1 Å². The molecule has 0 spiro atoms. The molecule has 0 amide bonds. The summed E-state index contributed by atoms with van der Waals surface area (Å²) in [6.45, 7) is 8.51. The molecule has 8 nitrogen and oxygen atoms in total. The summed E-state index contributed by atoms with van der Waals surface area (Å²) in [6.07, 6.45) is 1.01. The van der Waals surface area contributed by atoms with Crippen LogP contribution in [0.5, 0.6) is 0 Å². The van der Waals surface area contributed by atoms with E-state index in [2.05, 4.69) is 32.3 Å². The largest absolute Gasteiger partial charge is 0.385 e. The Bertz CT molecular complexity index is 415. The fourth-order valence-corrected chi connectivity index (χ4v) is 2.37. The lowest BCUT2D eigenvalue weighted by Gasteiger charge is -2.18. The molecule has 0 aliphatic carbocycles. The van der Waals surface area contributed by atoms with Crippen molar-refractivity contribution in [1.82, 2.24) is 20.3 Å². The molecule has 138 valence electrons. The summed E-state index contributed by atoms with van der Waals surface area (Å²) in [4.78, 5) is 6.58. The van der Waals surface area contributed by atoms with Gasteiger partial charge in [0.05, 0.1) is 12.3 Å². The van der Waals surface area contributed by atoms with Crippen LogP contribution in [0.1, 0.15) is 20.3 Å². The summed E-state index contributed by atoms with van der Waals surface area (Å²) in [5, 5.41) is 6.39. The summed E-state index contributed by atoms with van der Waals surface area (Å²) in [5.74, 6) is 0.790. The maximum absolute atomic E-state index is 11.3. The zero-order valence-electron chi connectivity index (χ0n) is 14.9. The van der Waals surface area contributed by atoms with Crippen molar-refractivity contribution in [2.45, 2.75) is 20.3 Å². The first kappa shape index (κ1) is 22.1. The number of nitrogens with one attached hydrogen (secondary N) is 3. The van der Waals surface area contributed by atoms with Gasteiger partial charge in [0.25, 0.3) is 0 Å². The smallest absolute Gasteiger partial charge is 0.211 e. The molecule has 0 heterocycles. The van der Waals surface area contributed by atoms with E-state index in [9.17, 15) is 8.42 Å². The van der Waals surface area contributed by atoms with Gasteiger partial charge in [0.15, 0.2) is 5.96 Å². The predicted molar refractivity (Wildman–Crippen MR) is 95.4 cm³/mol. The Morgan fingerprint density at radius 2 is 1.91 bits per heavy atom. The van der Waals surface area contributed by atoms with Crippen LogP contribution in [-0.2, 0) is 14.8 Å². The van der Waals surface area contributed by atoms with Gasteiger partial charge in [-0.25, -0.2) is 13.1 Å². The highest BCUT2D eigenvalue weighted by molar-refractivity contribution is 7.89. The molecular formula is C14H33N5O3S. The number of guanidine groups is 1. The van der Waals surface area contributed by atoms with E-state index in [4.69, 9.17) is 4.74 Å². The quantitative estimate of drug-likeness (QED) is 0.234. The van der Waals surface area contributed by atoms with Crippen molar-refractivity contribution in [2.24, 2.45) is 4.99 Å². The third-order valence-corrected chi connectivity index (χ3v) is 4.51. The second-order valence-corrected chi connectivity index (χ2v) is 7.23. The van der Waals surface area contributed by atoms with Gasteiger partial charge in [-0.05, 0) is 27.3 Å². The number of aliphatic imine (C=N–C) groups is 1. The number of sulfonamides is 1. The molecule has 9 heteroatoms. The Labute approximate surface area is 141 Å². The van der Waals surface area contributed by atoms with Gasteiger partial charge in [0, 0.05) is 46.4 Å². The summed E-state index contributed by atoms with van der Waals surface area (Å²) >= 11 is 0. The van der Waals surface area contributed by atoms with Crippen LogP contribution in [0.25, 0.3) is 0 Å². The molecule has 0 aliphatic rings. The van der Waals surface area contributed by atoms with Crippen molar-refractivity contribution in [3.63, 3.8) is 0 Å². The van der Waals surface area contributed by atoms with E-state index in [0.29, 0.717) is 19.0 Å². The number of hydrogen-bond acceptors (Lipinski definition) is 5. The van der Waals surface area contributed by atoms with Crippen molar-refractivity contribution in [2.75, 3.05) is 65.8 Å². The molecule has 0 aromatic heterocycles. The molecule has 0 radical (unpaired) electrons. The van der Waals surface area contributed by atoms with Gasteiger partial charge in [-0.15, -0.1) is 0 Å². The lowest BCUT2D eigenvalue weighted by molar-refractivity contribution is 0.180. The van der Waals surface area contributed by atoms with E-state index in [-0.39, 0.29) is 5.75 Å². The maximum Gasteiger partial charge on any atom is 0.211 e. The normalized spacial score (nSPS) is 12.7. The van der Waals surface area contributed by atoms with Crippen molar-refractivity contribution in [1.29, 1.82) is 0 Å². The predicted octanol–water partition coefficient (Wildman–Crippen LogP) is -0.551. The van der Waals surface area contributed by atoms with E-state index in [1.54, 1.807) is 14.0 Å². The van der Waals surface area contributed by atoms with Crippen LogP contribution >= 0.6 is 0 Å². The van der Waals surface area contributed by atoms with E-state index in [1.165, 1.54) is 0 Å². The maximum atomic E-state index is 11.3. The standard InChI is InChI=1S/C14H33N5O3S/c1-5-15-14(16-8-9-18-23(20,21)6-2)17-10-12-19(3)11-7-13-22-4/h18H,5-13H2,1-4H3,(H2,15,16,17). The molecule has 0 rings (SSSR count). The number of rotatable bonds is 13. The van der Waals surface area contributed by atoms with Crippen LogP contribution in [0.4, 0.5) is 0 Å². The molecule has 0 fully saturated rings. The summed E-state index contributed by atoms with van der Waals surface area (Å²) in [6, 6.07) is 0. The molecule has 0 saturated heterocycles. The lowest BCUT2D eigenvalue weighted by Crippen LogP contribution is -2.41. The second kappa shape index (κ2) is 13.5. The minimum absolute atomic E-state index is 0.0877. The van der Waals surface area contributed by atoms with Crippen LogP contribution in [-0.4, -0.2) is 85.1 Å². The molecule has 23 heavy (non-hydrogen) atoms. The molecule has 0 bridgehead atoms. The van der Waals surface area contributed by atoms with Gasteiger partial charge in [0.1, 0.15) is 0 Å². The number of methoxy groups -OCH3 is 1. The van der Waals surface area contributed by atoms with Crippen LogP contribution < -0.4 is 15.4 Å². The van der Waals surface area contributed by atoms with Crippen molar-refractivity contribution < 1.29 is 13.2 Å². The second-order valence-electron chi connectivity index (χ2n) is 5.13. The average molecular weight is 352 g/mol. The van der Waals surface area contributed by atoms with E-state index in [0.717, 1.165) is 39.2 Å². The van der Waals surface area contributed by atoms with Crippen molar-refractivity contribution in [3.8, 4) is 0 Å². The van der Waals surface area contributed by atoms with E-state index >= 15 is 0 Å². The third kappa shape index (κ3) is 13.3. The Kier molecular flexibility index (Phi) is 13.0. The average Bonchev–Trinajstić information content (AvgIpc) is 2.51. The molecular weight excluding hydrogens is 318 g/mol. The number of ether oxygens (including phenoxy) is 1. The number of likely N-dealkylation sites (N-methyl/N-ethyl adjacent to an activating group) is 1. The van der Waals surface area contributed by atoms with Gasteiger partial charge >= 0.3 is 0 Å². The Balaban J connectivity index is 4.03. The lowest BCUT2D eigenvalue weighted by atomic mass is 10.4. The van der Waals surface area contributed by atoms with E-state index in [1.807, 2.05) is 6.92 Å². The first-order chi connectivity index (χ1) is 10.9. The van der Waals surface area contributed by atoms with Crippen LogP contribution in [0.15, 0.2) is 4.99 Å². The minimum atomic E-state index is -3.15. The molecule has 0 aromatic rings. The Hall–Kier alpha value is -0.900. The monoisotopic (exact) mass is 351 g/mol. The minimum Gasteiger partial charge on any atom is -0.385 e. The third-order valence-electron chi connectivity index (χ3n) is 3.10. The van der Waals surface area contributed by atoms with Crippen molar-refractivity contribution in [3.05, 3.63) is 0 Å². The first-order valence-electron chi connectivity index (χ1n) is 8.12. The molecule has 0 aliphatic heterocycles. The Morgan fingerprint density at radius 1 is 1.17 bits per heavy atom. The zero-order chi connectivity index (χ0) is 17.6. The first-order valence-corrected chi connectivity index (χ1v) is 9.77. The molecule has 0 atom stereocenters. The molecule has 3 N–H and O–H groups in total. The molecule has 0 saturated carbocycles. The van der Waals surface area contributed by atoms with Gasteiger partial charge in [-0.3, -0.25) is 4.99 Å². The SMILES string of the molecule is CCNC(=NCCNS(=O)(=O)CC)NCCN(C)CCCOC. The fraction of sp³-hybridized carbons (Fsp3) is 0.929. The zero-order valence-corrected chi connectivity index (χ0v) is 15.7. The molecule has 0 aromatic carbocycles. The van der Waals surface area contributed by atoms with Crippen molar-refractivity contribution >= 4 is 16.0 Å². The number of hydrogen-bond donors (Lipinski definition) is 3. The van der Waals surface area contributed by atoms with Gasteiger partial charge < -0.3 is 20.3 Å².